The molecular formula is C26H46O3Si2. The smallest absolute Gasteiger partial charge is 0.184 e. The predicted molar refractivity (Wildman–Crippen MR) is 133 cm³/mol. The molecule has 0 aliphatic heterocycles. The van der Waals surface area contributed by atoms with E-state index in [0.29, 0.717) is 35.6 Å². The summed E-state index contributed by atoms with van der Waals surface area (Å²) in [5.41, 5.74) is 1.84. The summed E-state index contributed by atoms with van der Waals surface area (Å²) in [6.07, 6.45) is 10.6. The molecule has 0 aromatic rings. The number of ketones is 1. The third kappa shape index (κ3) is 4.22. The highest BCUT2D eigenvalue weighted by Crippen LogP contribution is 2.66. The molecule has 0 amide bonds. The lowest BCUT2D eigenvalue weighted by molar-refractivity contribution is -0.129. The Morgan fingerprint density at radius 1 is 1.03 bits per heavy atom. The van der Waals surface area contributed by atoms with E-state index in [0.717, 1.165) is 31.3 Å². The maximum Gasteiger partial charge on any atom is 0.184 e. The van der Waals surface area contributed by atoms with E-state index in [1.165, 1.54) is 31.3 Å². The van der Waals surface area contributed by atoms with Crippen LogP contribution in [0.25, 0.3) is 0 Å². The quantitative estimate of drug-likeness (QED) is 0.332. The van der Waals surface area contributed by atoms with E-state index >= 15 is 0 Å². The number of hydrogen-bond donors (Lipinski definition) is 0. The van der Waals surface area contributed by atoms with Crippen molar-refractivity contribution in [3.8, 4) is 0 Å². The Kier molecular flexibility index (Phi) is 6.11. The normalized spacial score (nSPS) is 43.2. The number of hydrogen-bond acceptors (Lipinski definition) is 3. The molecular weight excluding hydrogens is 416 g/mol. The number of carbonyl (C=O) groups is 1. The number of Topliss-reactive ketones (excluding diaryl/α,β-unsaturated/α-hetero) is 1. The van der Waals surface area contributed by atoms with E-state index in [1.807, 2.05) is 0 Å². The van der Waals surface area contributed by atoms with Gasteiger partial charge in [-0.15, -0.1) is 0 Å². The van der Waals surface area contributed by atoms with Gasteiger partial charge in [0.25, 0.3) is 0 Å². The molecule has 4 aliphatic carbocycles. The first kappa shape index (κ1) is 23.9. The van der Waals surface area contributed by atoms with Crippen molar-refractivity contribution in [3.63, 3.8) is 0 Å². The minimum absolute atomic E-state index is 0.0795. The molecule has 0 aromatic heterocycles. The van der Waals surface area contributed by atoms with Gasteiger partial charge in [0, 0.05) is 24.9 Å². The van der Waals surface area contributed by atoms with Crippen molar-refractivity contribution in [1.29, 1.82) is 0 Å². The highest BCUT2D eigenvalue weighted by molar-refractivity contribution is 6.70. The molecule has 31 heavy (non-hydrogen) atoms. The van der Waals surface area contributed by atoms with Crippen LogP contribution in [0, 0.1) is 34.5 Å². The summed E-state index contributed by atoms with van der Waals surface area (Å²) in [4.78, 5) is 12.6. The van der Waals surface area contributed by atoms with Gasteiger partial charge in [-0.25, -0.2) is 0 Å². The van der Waals surface area contributed by atoms with Crippen molar-refractivity contribution in [3.05, 3.63) is 11.6 Å². The minimum Gasteiger partial charge on any atom is -0.417 e. The number of allylic oxidation sites excluding steroid dienone is 1. The molecule has 0 aromatic carbocycles. The van der Waals surface area contributed by atoms with E-state index in [9.17, 15) is 4.79 Å². The van der Waals surface area contributed by atoms with Crippen LogP contribution in [0.15, 0.2) is 11.6 Å². The molecule has 5 heteroatoms. The SMILES string of the molecule is CC1CC(=O)CC2=CC[C@@H]3[C@@H](CC[C@]4(C)C(O[Si](C)(C)C)CC[C@@H]34)[C@]21CO[Si](C)(C)C. The summed E-state index contributed by atoms with van der Waals surface area (Å²) in [5.74, 6) is 2.96. The van der Waals surface area contributed by atoms with Crippen LogP contribution in [0.3, 0.4) is 0 Å². The molecule has 4 aliphatic rings. The van der Waals surface area contributed by atoms with Gasteiger partial charge >= 0.3 is 0 Å². The van der Waals surface area contributed by atoms with Crippen LogP contribution in [0.4, 0.5) is 0 Å². The number of rotatable bonds is 5. The zero-order valence-corrected chi connectivity index (χ0v) is 23.3. The molecule has 3 saturated carbocycles. The van der Waals surface area contributed by atoms with Gasteiger partial charge < -0.3 is 8.85 Å². The first-order valence-corrected chi connectivity index (χ1v) is 19.6. The predicted octanol–water partition coefficient (Wildman–Crippen LogP) is 6.82. The van der Waals surface area contributed by atoms with Crippen molar-refractivity contribution >= 4 is 22.4 Å². The molecule has 7 atom stereocenters. The lowest BCUT2D eigenvalue weighted by Gasteiger charge is -2.60. The Balaban J connectivity index is 1.68. The standard InChI is InChI=1S/C26H46O3Si2/c1-18-15-20(27)16-19-9-10-21-22-11-12-24(29-31(6,7)8)25(22,2)14-13-23(21)26(18,19)17-28-30(3,4)5/h9,18,21-24H,10-17H2,1-8H3/t18?,21-,22-,23+,24?,25-,26-/m0/s1. The van der Waals surface area contributed by atoms with Crippen molar-refractivity contribution in [2.75, 3.05) is 6.61 Å². The minimum atomic E-state index is -1.63. The summed E-state index contributed by atoms with van der Waals surface area (Å²) in [6, 6.07) is 0. The third-order valence-corrected chi connectivity index (χ3v) is 11.3. The van der Waals surface area contributed by atoms with Gasteiger partial charge in [0.2, 0.25) is 0 Å². The summed E-state index contributed by atoms with van der Waals surface area (Å²) in [6.45, 7) is 19.7. The fraction of sp³-hybridized carbons (Fsp3) is 0.885. The number of fused-ring (bicyclic) bond motifs is 5. The Bertz CT molecular complexity index is 749. The van der Waals surface area contributed by atoms with E-state index in [-0.39, 0.29) is 5.41 Å². The first-order valence-electron chi connectivity index (χ1n) is 12.8. The molecule has 2 unspecified atom stereocenters. The van der Waals surface area contributed by atoms with E-state index in [1.54, 1.807) is 0 Å². The Labute approximate surface area is 193 Å². The van der Waals surface area contributed by atoms with E-state index in [2.05, 4.69) is 59.2 Å². The van der Waals surface area contributed by atoms with Crippen LogP contribution in [-0.2, 0) is 13.6 Å². The second-order valence-corrected chi connectivity index (χ2v) is 22.4. The van der Waals surface area contributed by atoms with Crippen LogP contribution in [0.1, 0.15) is 58.8 Å². The first-order chi connectivity index (χ1) is 14.3. The van der Waals surface area contributed by atoms with Crippen LogP contribution in [-0.4, -0.2) is 35.1 Å². The highest BCUT2D eigenvalue weighted by Gasteiger charge is 2.62. The molecule has 0 heterocycles. The molecule has 176 valence electrons. The van der Waals surface area contributed by atoms with Crippen molar-refractivity contribution in [2.24, 2.45) is 34.5 Å². The van der Waals surface area contributed by atoms with E-state index < -0.39 is 16.6 Å². The van der Waals surface area contributed by atoms with Gasteiger partial charge in [-0.3, -0.25) is 4.79 Å². The average Bonchev–Trinajstić information content (AvgIpc) is 2.94. The zero-order chi connectivity index (χ0) is 22.8. The van der Waals surface area contributed by atoms with Crippen LogP contribution < -0.4 is 0 Å². The summed E-state index contributed by atoms with van der Waals surface area (Å²) >= 11 is 0. The van der Waals surface area contributed by atoms with Crippen LogP contribution in [0.2, 0.25) is 39.3 Å². The van der Waals surface area contributed by atoms with Gasteiger partial charge in [-0.05, 0) is 100 Å². The van der Waals surface area contributed by atoms with Gasteiger partial charge in [0.05, 0.1) is 6.10 Å². The largest absolute Gasteiger partial charge is 0.417 e. The fourth-order valence-corrected chi connectivity index (χ4v) is 9.85. The summed E-state index contributed by atoms with van der Waals surface area (Å²) < 4.78 is 13.4. The highest BCUT2D eigenvalue weighted by atomic mass is 28.4. The van der Waals surface area contributed by atoms with Crippen LogP contribution >= 0.6 is 0 Å². The zero-order valence-electron chi connectivity index (χ0n) is 21.3. The maximum absolute atomic E-state index is 12.6. The van der Waals surface area contributed by atoms with Gasteiger partial charge in [-0.1, -0.05) is 25.5 Å². The van der Waals surface area contributed by atoms with Gasteiger partial charge in [0.1, 0.15) is 5.78 Å². The second-order valence-electron chi connectivity index (χ2n) is 13.4. The lowest BCUT2D eigenvalue weighted by atomic mass is 9.45. The molecule has 3 fully saturated rings. The van der Waals surface area contributed by atoms with Crippen molar-refractivity contribution in [2.45, 2.75) is 104 Å². The van der Waals surface area contributed by atoms with Crippen molar-refractivity contribution in [1.82, 2.24) is 0 Å². The Morgan fingerprint density at radius 2 is 1.74 bits per heavy atom. The van der Waals surface area contributed by atoms with Gasteiger partial charge in [0.15, 0.2) is 16.6 Å². The number of carbonyl (C=O) groups excluding carboxylic acids is 1. The molecule has 0 N–H and O–H groups in total. The summed E-state index contributed by atoms with van der Waals surface area (Å²) in [5, 5.41) is 0. The summed E-state index contributed by atoms with van der Waals surface area (Å²) in [7, 11) is -3.18. The fourth-order valence-electron chi connectivity index (χ4n) is 7.94. The van der Waals surface area contributed by atoms with Gasteiger partial charge in [-0.2, -0.15) is 0 Å². The molecule has 0 saturated heterocycles. The monoisotopic (exact) mass is 462 g/mol. The molecule has 0 radical (unpaired) electrons. The molecule has 0 spiro atoms. The lowest BCUT2D eigenvalue weighted by Crippen LogP contribution is -2.57. The average molecular weight is 463 g/mol. The second kappa shape index (κ2) is 7.92. The molecule has 4 rings (SSSR count). The Morgan fingerprint density at radius 3 is 2.39 bits per heavy atom. The van der Waals surface area contributed by atoms with Crippen molar-refractivity contribution < 1.29 is 13.6 Å². The van der Waals surface area contributed by atoms with Crippen LogP contribution in [0.5, 0.6) is 0 Å². The Hall–Kier alpha value is -0.236. The molecule has 3 nitrogen and oxygen atoms in total. The third-order valence-electron chi connectivity index (χ3n) is 9.29. The van der Waals surface area contributed by atoms with E-state index in [4.69, 9.17) is 8.85 Å². The topological polar surface area (TPSA) is 35.5 Å². The maximum atomic E-state index is 12.6. The molecule has 0 bridgehead atoms.